The maximum absolute atomic E-state index is 12.1. The van der Waals surface area contributed by atoms with Crippen molar-refractivity contribution in [2.75, 3.05) is 44.1 Å². The Balaban J connectivity index is 2.61. The number of nitrogens with one attached hydrogen (secondary N) is 1. The van der Waals surface area contributed by atoms with Gasteiger partial charge in [0.15, 0.2) is 0 Å². The predicted octanol–water partition coefficient (Wildman–Crippen LogP) is 2.90. The Morgan fingerprint density at radius 2 is 1.75 bits per heavy atom. The van der Waals surface area contributed by atoms with Gasteiger partial charge in [0.2, 0.25) is 11.8 Å². The zero-order valence-electron chi connectivity index (χ0n) is 14.3. The number of carbonyl (C=O) groups is 2. The third-order valence-corrected chi connectivity index (χ3v) is 4.54. The monoisotopic (exact) mass is 374 g/mol. The number of hydrogen-bond donors (Lipinski definition) is 1. The van der Waals surface area contributed by atoms with Gasteiger partial charge in [-0.15, -0.1) is 11.8 Å². The first-order valence-corrected chi connectivity index (χ1v) is 9.06. The highest BCUT2D eigenvalue weighted by molar-refractivity contribution is 8.00. The summed E-state index contributed by atoms with van der Waals surface area (Å²) in [4.78, 5) is 25.7. The van der Waals surface area contributed by atoms with Gasteiger partial charge in [0.25, 0.3) is 0 Å². The van der Waals surface area contributed by atoms with Crippen LogP contribution >= 0.6 is 23.4 Å². The van der Waals surface area contributed by atoms with E-state index in [9.17, 15) is 9.59 Å². The second kappa shape index (κ2) is 10.3. The van der Waals surface area contributed by atoms with E-state index < -0.39 is 0 Å². The van der Waals surface area contributed by atoms with Crippen LogP contribution < -0.4 is 14.8 Å². The van der Waals surface area contributed by atoms with Crippen molar-refractivity contribution in [2.45, 2.75) is 13.8 Å². The molecule has 24 heavy (non-hydrogen) atoms. The molecule has 0 fully saturated rings. The van der Waals surface area contributed by atoms with E-state index in [-0.39, 0.29) is 23.3 Å². The van der Waals surface area contributed by atoms with E-state index in [1.165, 1.54) is 26.0 Å². The molecule has 0 atom stereocenters. The summed E-state index contributed by atoms with van der Waals surface area (Å²) in [5.74, 6) is 1.13. The van der Waals surface area contributed by atoms with Crippen LogP contribution in [0.3, 0.4) is 0 Å². The zero-order valence-corrected chi connectivity index (χ0v) is 15.9. The molecule has 2 amide bonds. The number of thioether (sulfide) groups is 1. The van der Waals surface area contributed by atoms with Gasteiger partial charge in [0.05, 0.1) is 36.4 Å². The SMILES string of the molecule is CCN(CC)C(=O)CSCC(=O)Nc1cc(OC)c(Cl)cc1OC. The number of rotatable bonds is 9. The Morgan fingerprint density at radius 3 is 2.29 bits per heavy atom. The highest BCUT2D eigenvalue weighted by Crippen LogP contribution is 2.35. The lowest BCUT2D eigenvalue weighted by molar-refractivity contribution is -0.127. The average Bonchev–Trinajstić information content (AvgIpc) is 2.57. The normalized spacial score (nSPS) is 10.2. The largest absolute Gasteiger partial charge is 0.495 e. The number of anilines is 1. The van der Waals surface area contributed by atoms with Gasteiger partial charge >= 0.3 is 0 Å². The molecule has 0 aliphatic carbocycles. The summed E-state index contributed by atoms with van der Waals surface area (Å²) in [6.07, 6.45) is 0. The first-order valence-electron chi connectivity index (χ1n) is 7.53. The Hall–Kier alpha value is -1.60. The molecular formula is C16H23ClN2O4S. The smallest absolute Gasteiger partial charge is 0.234 e. The standard InChI is InChI=1S/C16H23ClN2O4S/c1-5-19(6-2)16(21)10-24-9-15(20)18-12-8-13(22-3)11(17)7-14(12)23-4/h7-8H,5-6,9-10H2,1-4H3,(H,18,20). The molecule has 134 valence electrons. The van der Waals surface area contributed by atoms with Crippen LogP contribution in [-0.2, 0) is 9.59 Å². The molecule has 0 radical (unpaired) electrons. The molecule has 0 saturated heterocycles. The molecule has 0 unspecified atom stereocenters. The molecule has 0 aliphatic rings. The number of amides is 2. The predicted molar refractivity (Wildman–Crippen MR) is 98.4 cm³/mol. The van der Waals surface area contributed by atoms with Crippen molar-refractivity contribution in [3.05, 3.63) is 17.2 Å². The van der Waals surface area contributed by atoms with Gasteiger partial charge in [-0.1, -0.05) is 11.6 Å². The van der Waals surface area contributed by atoms with Crippen molar-refractivity contribution in [1.82, 2.24) is 4.90 Å². The summed E-state index contributed by atoms with van der Waals surface area (Å²) in [5, 5.41) is 3.14. The quantitative estimate of drug-likeness (QED) is 0.719. The fourth-order valence-electron chi connectivity index (χ4n) is 2.04. The lowest BCUT2D eigenvalue weighted by Gasteiger charge is -2.18. The highest BCUT2D eigenvalue weighted by Gasteiger charge is 2.14. The summed E-state index contributed by atoms with van der Waals surface area (Å²) < 4.78 is 10.3. The van der Waals surface area contributed by atoms with Crippen molar-refractivity contribution in [1.29, 1.82) is 0 Å². The molecule has 0 bridgehead atoms. The molecule has 1 aromatic carbocycles. The van der Waals surface area contributed by atoms with Crippen molar-refractivity contribution < 1.29 is 19.1 Å². The summed E-state index contributed by atoms with van der Waals surface area (Å²) in [6.45, 7) is 5.20. The van der Waals surface area contributed by atoms with Crippen molar-refractivity contribution in [3.8, 4) is 11.5 Å². The van der Waals surface area contributed by atoms with Gasteiger partial charge in [0, 0.05) is 25.2 Å². The maximum atomic E-state index is 12.1. The second-order valence-corrected chi connectivity index (χ2v) is 6.19. The van der Waals surface area contributed by atoms with E-state index in [0.29, 0.717) is 35.3 Å². The summed E-state index contributed by atoms with van der Waals surface area (Å²) in [5.41, 5.74) is 0.472. The minimum atomic E-state index is -0.227. The van der Waals surface area contributed by atoms with Crippen LogP contribution in [0.5, 0.6) is 11.5 Å². The third kappa shape index (κ3) is 5.79. The molecule has 0 heterocycles. The van der Waals surface area contributed by atoms with Crippen LogP contribution in [-0.4, -0.2) is 55.5 Å². The van der Waals surface area contributed by atoms with Crippen LogP contribution in [0, 0.1) is 0 Å². The van der Waals surface area contributed by atoms with Crippen LogP contribution in [0.2, 0.25) is 5.02 Å². The molecule has 8 heteroatoms. The average molecular weight is 375 g/mol. The first-order chi connectivity index (χ1) is 11.5. The number of nitrogens with zero attached hydrogens (tertiary/aromatic N) is 1. The minimum absolute atomic E-state index is 0.0311. The van der Waals surface area contributed by atoms with Gasteiger partial charge in [0.1, 0.15) is 11.5 Å². The number of benzene rings is 1. The lowest BCUT2D eigenvalue weighted by atomic mass is 10.2. The molecule has 1 rings (SSSR count). The summed E-state index contributed by atoms with van der Waals surface area (Å²) in [6, 6.07) is 3.18. The molecule has 0 saturated carbocycles. The van der Waals surface area contributed by atoms with E-state index >= 15 is 0 Å². The van der Waals surface area contributed by atoms with E-state index in [2.05, 4.69) is 5.32 Å². The van der Waals surface area contributed by atoms with Crippen LogP contribution in [0.4, 0.5) is 5.69 Å². The Morgan fingerprint density at radius 1 is 1.12 bits per heavy atom. The topological polar surface area (TPSA) is 67.9 Å². The van der Waals surface area contributed by atoms with Gasteiger partial charge in [-0.05, 0) is 13.8 Å². The highest BCUT2D eigenvalue weighted by atomic mass is 35.5. The molecular weight excluding hydrogens is 352 g/mol. The van der Waals surface area contributed by atoms with Crippen molar-refractivity contribution in [2.24, 2.45) is 0 Å². The van der Waals surface area contributed by atoms with E-state index in [1.807, 2.05) is 13.8 Å². The number of methoxy groups -OCH3 is 2. The Labute approximate surface area is 151 Å². The first kappa shape index (κ1) is 20.4. The van der Waals surface area contributed by atoms with Gasteiger partial charge in [-0.25, -0.2) is 0 Å². The molecule has 0 aromatic heterocycles. The second-order valence-electron chi connectivity index (χ2n) is 4.79. The van der Waals surface area contributed by atoms with Crippen LogP contribution in [0.15, 0.2) is 12.1 Å². The Kier molecular flexibility index (Phi) is 8.78. The van der Waals surface area contributed by atoms with Gasteiger partial charge in [-0.3, -0.25) is 9.59 Å². The molecule has 0 aliphatic heterocycles. The summed E-state index contributed by atoms with van der Waals surface area (Å²) >= 11 is 7.30. The number of ether oxygens (including phenoxy) is 2. The fourth-order valence-corrected chi connectivity index (χ4v) is 2.99. The fraction of sp³-hybridized carbons (Fsp3) is 0.500. The van der Waals surface area contributed by atoms with Crippen LogP contribution in [0.25, 0.3) is 0 Å². The van der Waals surface area contributed by atoms with Crippen LogP contribution in [0.1, 0.15) is 13.8 Å². The van der Waals surface area contributed by atoms with Gasteiger partial charge < -0.3 is 19.7 Å². The van der Waals surface area contributed by atoms with Gasteiger partial charge in [-0.2, -0.15) is 0 Å². The number of halogens is 1. The van der Waals surface area contributed by atoms with E-state index in [4.69, 9.17) is 21.1 Å². The zero-order chi connectivity index (χ0) is 18.1. The molecule has 1 aromatic rings. The molecule has 0 spiro atoms. The molecule has 6 nitrogen and oxygen atoms in total. The summed E-state index contributed by atoms with van der Waals surface area (Å²) in [7, 11) is 2.99. The number of hydrogen-bond acceptors (Lipinski definition) is 5. The third-order valence-electron chi connectivity index (χ3n) is 3.32. The maximum Gasteiger partial charge on any atom is 0.234 e. The lowest BCUT2D eigenvalue weighted by Crippen LogP contribution is -2.32. The Bertz CT molecular complexity index is 579. The minimum Gasteiger partial charge on any atom is -0.495 e. The van der Waals surface area contributed by atoms with E-state index in [1.54, 1.807) is 17.0 Å². The number of carbonyl (C=O) groups excluding carboxylic acids is 2. The molecule has 1 N–H and O–H groups in total. The van der Waals surface area contributed by atoms with Crippen molar-refractivity contribution in [3.63, 3.8) is 0 Å². The van der Waals surface area contributed by atoms with E-state index in [0.717, 1.165) is 0 Å². The van der Waals surface area contributed by atoms with Crippen molar-refractivity contribution >= 4 is 40.9 Å².